The summed E-state index contributed by atoms with van der Waals surface area (Å²) in [6.45, 7) is 8.70. The third kappa shape index (κ3) is 5.30. The van der Waals surface area contributed by atoms with Crippen molar-refractivity contribution < 1.29 is 14.7 Å². The summed E-state index contributed by atoms with van der Waals surface area (Å²) in [5, 5.41) is 14.4. The number of aryl methyl sites for hydroxylation is 1. The summed E-state index contributed by atoms with van der Waals surface area (Å²) in [6.07, 6.45) is 0.886. The molecule has 0 saturated heterocycles. The number of aromatic carboxylic acids is 1. The van der Waals surface area contributed by atoms with E-state index in [1.54, 1.807) is 13.0 Å². The van der Waals surface area contributed by atoms with Crippen LogP contribution in [0.5, 0.6) is 0 Å². The van der Waals surface area contributed by atoms with Crippen LogP contribution in [0, 0.1) is 12.3 Å². The molecular formula is C15H22N2O3. The van der Waals surface area contributed by atoms with E-state index in [9.17, 15) is 9.59 Å². The van der Waals surface area contributed by atoms with Crippen LogP contribution in [0.15, 0.2) is 18.2 Å². The van der Waals surface area contributed by atoms with Gasteiger partial charge >= 0.3 is 12.0 Å². The smallest absolute Gasteiger partial charge is 0.335 e. The first-order valence-electron chi connectivity index (χ1n) is 6.58. The molecule has 110 valence electrons. The van der Waals surface area contributed by atoms with E-state index in [0.717, 1.165) is 12.0 Å². The molecule has 0 aliphatic carbocycles. The molecule has 0 atom stereocenters. The number of nitrogens with one attached hydrogen (secondary N) is 2. The van der Waals surface area contributed by atoms with Crippen molar-refractivity contribution >= 4 is 17.7 Å². The Morgan fingerprint density at radius 1 is 1.25 bits per heavy atom. The van der Waals surface area contributed by atoms with Crippen LogP contribution in [-0.4, -0.2) is 23.7 Å². The predicted octanol–water partition coefficient (Wildman–Crippen LogP) is 3.25. The molecule has 0 aromatic heterocycles. The second-order valence-corrected chi connectivity index (χ2v) is 6.03. The quantitative estimate of drug-likeness (QED) is 0.791. The van der Waals surface area contributed by atoms with Crippen molar-refractivity contribution in [2.45, 2.75) is 34.1 Å². The second kappa shape index (κ2) is 6.41. The molecular weight excluding hydrogens is 256 g/mol. The number of amides is 2. The largest absolute Gasteiger partial charge is 0.478 e. The second-order valence-electron chi connectivity index (χ2n) is 6.03. The van der Waals surface area contributed by atoms with E-state index < -0.39 is 5.97 Å². The average Bonchev–Trinajstić information content (AvgIpc) is 2.29. The fraction of sp³-hybridized carbons (Fsp3) is 0.467. The average molecular weight is 278 g/mol. The van der Waals surface area contributed by atoms with Crippen LogP contribution in [0.1, 0.15) is 43.1 Å². The number of benzene rings is 1. The highest BCUT2D eigenvalue weighted by Gasteiger charge is 2.11. The highest BCUT2D eigenvalue weighted by Crippen LogP contribution is 2.18. The Hall–Kier alpha value is -2.04. The minimum Gasteiger partial charge on any atom is -0.478 e. The predicted molar refractivity (Wildman–Crippen MR) is 79.2 cm³/mol. The third-order valence-corrected chi connectivity index (χ3v) is 2.88. The Bertz CT molecular complexity index is 504. The van der Waals surface area contributed by atoms with Gasteiger partial charge in [0.25, 0.3) is 0 Å². The van der Waals surface area contributed by atoms with E-state index in [1.165, 1.54) is 12.1 Å². The van der Waals surface area contributed by atoms with Crippen LogP contribution in [-0.2, 0) is 0 Å². The monoisotopic (exact) mass is 278 g/mol. The molecule has 3 N–H and O–H groups in total. The lowest BCUT2D eigenvalue weighted by atomic mass is 9.92. The molecule has 5 heteroatoms. The minimum atomic E-state index is -0.978. The normalized spacial score (nSPS) is 11.0. The molecule has 0 saturated carbocycles. The van der Waals surface area contributed by atoms with Gasteiger partial charge in [-0.2, -0.15) is 0 Å². The van der Waals surface area contributed by atoms with Crippen LogP contribution < -0.4 is 10.6 Å². The molecule has 0 fully saturated rings. The van der Waals surface area contributed by atoms with Crippen LogP contribution in [0.2, 0.25) is 0 Å². The van der Waals surface area contributed by atoms with Crippen molar-refractivity contribution in [3.8, 4) is 0 Å². The standard InChI is InChI=1S/C15H22N2O3/c1-10-9-11(13(18)19)5-6-12(10)17-14(20)16-8-7-15(2,3)4/h5-6,9H,7-8H2,1-4H3,(H,18,19)(H2,16,17,20). The number of hydrogen-bond acceptors (Lipinski definition) is 2. The number of carbonyl (C=O) groups excluding carboxylic acids is 1. The zero-order chi connectivity index (χ0) is 15.3. The zero-order valence-electron chi connectivity index (χ0n) is 12.4. The minimum absolute atomic E-state index is 0.173. The van der Waals surface area contributed by atoms with Crippen LogP contribution in [0.25, 0.3) is 0 Å². The highest BCUT2D eigenvalue weighted by atomic mass is 16.4. The van der Waals surface area contributed by atoms with Gasteiger partial charge in [0.15, 0.2) is 0 Å². The first-order chi connectivity index (χ1) is 9.19. The maximum atomic E-state index is 11.7. The van der Waals surface area contributed by atoms with Crippen LogP contribution in [0.3, 0.4) is 0 Å². The van der Waals surface area contributed by atoms with Gasteiger partial charge in [0.1, 0.15) is 0 Å². The summed E-state index contributed by atoms with van der Waals surface area (Å²) in [4.78, 5) is 22.6. The van der Waals surface area contributed by atoms with Gasteiger partial charge in [0.2, 0.25) is 0 Å². The number of hydrogen-bond donors (Lipinski definition) is 3. The highest BCUT2D eigenvalue weighted by molar-refractivity contribution is 5.92. The molecule has 0 aliphatic heterocycles. The first kappa shape index (κ1) is 16.0. The van der Waals surface area contributed by atoms with Gasteiger partial charge in [-0.3, -0.25) is 0 Å². The summed E-state index contributed by atoms with van der Waals surface area (Å²) in [7, 11) is 0. The Balaban J connectivity index is 2.56. The van der Waals surface area contributed by atoms with Crippen LogP contribution >= 0.6 is 0 Å². The van der Waals surface area contributed by atoms with Gasteiger partial charge in [0, 0.05) is 12.2 Å². The molecule has 20 heavy (non-hydrogen) atoms. The Morgan fingerprint density at radius 3 is 2.40 bits per heavy atom. The number of carboxylic acid groups (broad SMARTS) is 1. The molecule has 0 heterocycles. The van der Waals surface area contributed by atoms with Gasteiger partial charge in [-0.05, 0) is 42.5 Å². The number of urea groups is 1. The molecule has 0 radical (unpaired) electrons. The molecule has 1 aromatic carbocycles. The molecule has 2 amide bonds. The molecule has 0 spiro atoms. The van der Waals surface area contributed by atoms with Gasteiger partial charge in [0.05, 0.1) is 5.56 Å². The maximum Gasteiger partial charge on any atom is 0.335 e. The number of anilines is 1. The van der Waals surface area contributed by atoms with E-state index in [4.69, 9.17) is 5.11 Å². The summed E-state index contributed by atoms with van der Waals surface area (Å²) in [5.41, 5.74) is 1.71. The van der Waals surface area contributed by atoms with Crippen molar-refractivity contribution in [3.63, 3.8) is 0 Å². The van der Waals surface area contributed by atoms with E-state index in [0.29, 0.717) is 12.2 Å². The summed E-state index contributed by atoms with van der Waals surface area (Å²) >= 11 is 0. The lowest BCUT2D eigenvalue weighted by molar-refractivity contribution is 0.0697. The van der Waals surface area contributed by atoms with Gasteiger partial charge in [-0.1, -0.05) is 20.8 Å². The molecule has 1 aromatic rings. The van der Waals surface area contributed by atoms with E-state index in [-0.39, 0.29) is 17.0 Å². The van der Waals surface area contributed by atoms with Gasteiger partial charge in [-0.25, -0.2) is 9.59 Å². The number of carboxylic acids is 1. The van der Waals surface area contributed by atoms with Crippen molar-refractivity contribution in [3.05, 3.63) is 29.3 Å². The topological polar surface area (TPSA) is 78.4 Å². The van der Waals surface area contributed by atoms with Crippen molar-refractivity contribution in [1.29, 1.82) is 0 Å². The van der Waals surface area contributed by atoms with Crippen LogP contribution in [0.4, 0.5) is 10.5 Å². The summed E-state index contributed by atoms with van der Waals surface area (Å²) in [5.74, 6) is -0.978. The van der Waals surface area contributed by atoms with E-state index in [1.807, 2.05) is 0 Å². The van der Waals surface area contributed by atoms with E-state index in [2.05, 4.69) is 31.4 Å². The fourth-order valence-corrected chi connectivity index (χ4v) is 1.65. The first-order valence-corrected chi connectivity index (χ1v) is 6.58. The van der Waals surface area contributed by atoms with E-state index >= 15 is 0 Å². The summed E-state index contributed by atoms with van der Waals surface area (Å²) < 4.78 is 0. The molecule has 0 unspecified atom stereocenters. The Kier molecular flexibility index (Phi) is 5.13. The van der Waals surface area contributed by atoms with Crippen molar-refractivity contribution in [2.75, 3.05) is 11.9 Å². The molecule has 1 rings (SSSR count). The van der Waals surface area contributed by atoms with Crippen molar-refractivity contribution in [1.82, 2.24) is 5.32 Å². The number of carbonyl (C=O) groups is 2. The third-order valence-electron chi connectivity index (χ3n) is 2.88. The Labute approximate surface area is 119 Å². The molecule has 0 bridgehead atoms. The van der Waals surface area contributed by atoms with Gasteiger partial charge in [-0.15, -0.1) is 0 Å². The number of rotatable bonds is 4. The molecule has 5 nitrogen and oxygen atoms in total. The maximum absolute atomic E-state index is 11.7. The fourth-order valence-electron chi connectivity index (χ4n) is 1.65. The van der Waals surface area contributed by atoms with Crippen molar-refractivity contribution in [2.24, 2.45) is 5.41 Å². The lowest BCUT2D eigenvalue weighted by Gasteiger charge is -2.18. The summed E-state index contributed by atoms with van der Waals surface area (Å²) in [6, 6.07) is 4.33. The SMILES string of the molecule is Cc1cc(C(=O)O)ccc1NC(=O)NCCC(C)(C)C. The zero-order valence-corrected chi connectivity index (χ0v) is 12.4. The molecule has 0 aliphatic rings. The lowest BCUT2D eigenvalue weighted by Crippen LogP contribution is -2.31. The Morgan fingerprint density at radius 2 is 1.90 bits per heavy atom. The van der Waals surface area contributed by atoms with Gasteiger partial charge < -0.3 is 15.7 Å².